The van der Waals surface area contributed by atoms with Gasteiger partial charge in [-0.1, -0.05) is 26.0 Å². The molecule has 3 rings (SSSR count). The maximum atomic E-state index is 11.9. The Balaban J connectivity index is 1.45. The molecule has 1 amide bonds. The second kappa shape index (κ2) is 8.92. The Bertz CT molecular complexity index is 900. The topological polar surface area (TPSA) is 68.3 Å². The summed E-state index contributed by atoms with van der Waals surface area (Å²) in [6.07, 6.45) is 0.0526. The minimum Gasteiger partial charge on any atom is -0.455 e. The number of nitrogens with one attached hydrogen (secondary N) is 1. The maximum absolute atomic E-state index is 11.9. The van der Waals surface area contributed by atoms with Crippen LogP contribution < -0.4 is 5.32 Å². The third-order valence-electron chi connectivity index (χ3n) is 3.87. The van der Waals surface area contributed by atoms with Gasteiger partial charge in [0, 0.05) is 22.0 Å². The van der Waals surface area contributed by atoms with Crippen molar-refractivity contribution in [1.29, 1.82) is 0 Å². The van der Waals surface area contributed by atoms with Gasteiger partial charge in [0.05, 0.1) is 12.1 Å². The highest BCUT2D eigenvalue weighted by atomic mass is 32.1. The van der Waals surface area contributed by atoms with E-state index >= 15 is 0 Å². The van der Waals surface area contributed by atoms with Gasteiger partial charge < -0.3 is 10.1 Å². The molecule has 0 radical (unpaired) electrons. The predicted molar refractivity (Wildman–Crippen MR) is 109 cm³/mol. The fourth-order valence-electron chi connectivity index (χ4n) is 2.40. The highest BCUT2D eigenvalue weighted by Gasteiger charge is 2.12. The van der Waals surface area contributed by atoms with E-state index in [4.69, 9.17) is 4.74 Å². The van der Waals surface area contributed by atoms with Crippen LogP contribution in [0.5, 0.6) is 0 Å². The number of ether oxygens (including phenoxy) is 1. The van der Waals surface area contributed by atoms with E-state index in [2.05, 4.69) is 24.1 Å². The van der Waals surface area contributed by atoms with Crippen LogP contribution in [0.4, 0.5) is 5.69 Å². The number of rotatable bonds is 7. The van der Waals surface area contributed by atoms with Crippen molar-refractivity contribution >= 4 is 40.2 Å². The predicted octanol–water partition coefficient (Wildman–Crippen LogP) is 4.72. The Labute approximate surface area is 166 Å². The van der Waals surface area contributed by atoms with Gasteiger partial charge in [-0.2, -0.15) is 11.3 Å². The summed E-state index contributed by atoms with van der Waals surface area (Å²) in [5.41, 5.74) is 3.58. The van der Waals surface area contributed by atoms with E-state index in [1.807, 2.05) is 46.5 Å². The molecule has 0 fully saturated rings. The molecule has 0 atom stereocenters. The number of hydrogen-bond donors (Lipinski definition) is 1. The van der Waals surface area contributed by atoms with E-state index in [1.165, 1.54) is 16.9 Å². The average Bonchev–Trinajstić information content (AvgIpc) is 3.32. The number of carbonyl (C=O) groups excluding carboxylic acids is 2. The van der Waals surface area contributed by atoms with Crippen LogP contribution in [0.1, 0.15) is 31.0 Å². The van der Waals surface area contributed by atoms with Crippen LogP contribution in [0.3, 0.4) is 0 Å². The summed E-state index contributed by atoms with van der Waals surface area (Å²) in [6.45, 7) is 3.91. The van der Waals surface area contributed by atoms with Crippen LogP contribution in [0.25, 0.3) is 10.6 Å². The summed E-state index contributed by atoms with van der Waals surface area (Å²) in [5, 5.41) is 9.43. The Hall–Kier alpha value is -2.51. The molecule has 0 spiro atoms. The zero-order valence-corrected chi connectivity index (χ0v) is 16.7. The zero-order chi connectivity index (χ0) is 19.2. The normalized spacial score (nSPS) is 10.8. The largest absolute Gasteiger partial charge is 0.455 e. The highest BCUT2D eigenvalue weighted by molar-refractivity contribution is 7.14. The summed E-state index contributed by atoms with van der Waals surface area (Å²) >= 11 is 3.09. The van der Waals surface area contributed by atoms with E-state index in [1.54, 1.807) is 11.3 Å². The number of anilines is 1. The number of aromatic nitrogens is 1. The van der Waals surface area contributed by atoms with Crippen molar-refractivity contribution in [2.75, 3.05) is 11.9 Å². The zero-order valence-electron chi connectivity index (χ0n) is 15.1. The molecular weight excluding hydrogens is 380 g/mol. The molecule has 0 aliphatic heterocycles. The molecule has 27 heavy (non-hydrogen) atoms. The Morgan fingerprint density at radius 1 is 1.15 bits per heavy atom. The van der Waals surface area contributed by atoms with Gasteiger partial charge in [-0.3, -0.25) is 9.59 Å². The molecule has 2 heterocycles. The van der Waals surface area contributed by atoms with E-state index < -0.39 is 5.97 Å². The third-order valence-corrected chi connectivity index (χ3v) is 5.49. The maximum Gasteiger partial charge on any atom is 0.312 e. The quantitative estimate of drug-likeness (QED) is 0.583. The van der Waals surface area contributed by atoms with Gasteiger partial charge in [0.25, 0.3) is 5.91 Å². The molecule has 2 aromatic heterocycles. The molecule has 0 saturated heterocycles. The Morgan fingerprint density at radius 2 is 1.93 bits per heavy atom. The van der Waals surface area contributed by atoms with Crippen LogP contribution in [0.15, 0.2) is 46.5 Å². The van der Waals surface area contributed by atoms with Crippen LogP contribution in [-0.4, -0.2) is 23.5 Å². The van der Waals surface area contributed by atoms with E-state index in [-0.39, 0.29) is 18.9 Å². The highest BCUT2D eigenvalue weighted by Crippen LogP contribution is 2.25. The van der Waals surface area contributed by atoms with Gasteiger partial charge in [-0.15, -0.1) is 11.3 Å². The van der Waals surface area contributed by atoms with Gasteiger partial charge in [0.15, 0.2) is 6.61 Å². The van der Waals surface area contributed by atoms with Crippen molar-refractivity contribution in [1.82, 2.24) is 4.98 Å². The van der Waals surface area contributed by atoms with Gasteiger partial charge in [0.1, 0.15) is 5.01 Å². The van der Waals surface area contributed by atoms with E-state index in [0.717, 1.165) is 10.6 Å². The number of nitrogens with zero attached hydrogens (tertiary/aromatic N) is 1. The Kier molecular flexibility index (Phi) is 6.36. The van der Waals surface area contributed by atoms with Gasteiger partial charge in [-0.25, -0.2) is 4.98 Å². The lowest BCUT2D eigenvalue weighted by Crippen LogP contribution is -2.21. The molecular formula is C20H20N2O3S2. The fourth-order valence-corrected chi connectivity index (χ4v) is 3.93. The van der Waals surface area contributed by atoms with E-state index in [9.17, 15) is 9.59 Å². The first-order valence-corrected chi connectivity index (χ1v) is 10.4. The third kappa shape index (κ3) is 5.48. The standard InChI is InChI=1S/C20H20N2O3S2/c1-13(2)14-3-5-16(6-4-14)21-18(23)10-25-19(24)9-17-12-27-20(22-17)15-7-8-26-11-15/h3-8,11-13H,9-10H2,1-2H3,(H,21,23). The first-order valence-electron chi connectivity index (χ1n) is 8.53. The van der Waals surface area contributed by atoms with Crippen molar-refractivity contribution in [3.63, 3.8) is 0 Å². The number of carbonyl (C=O) groups is 2. The van der Waals surface area contributed by atoms with Gasteiger partial charge >= 0.3 is 5.97 Å². The molecule has 0 aliphatic carbocycles. The molecule has 3 aromatic rings. The molecule has 1 N–H and O–H groups in total. The smallest absolute Gasteiger partial charge is 0.312 e. The molecule has 7 heteroatoms. The molecule has 1 aromatic carbocycles. The molecule has 0 aliphatic rings. The average molecular weight is 401 g/mol. The van der Waals surface area contributed by atoms with Crippen LogP contribution >= 0.6 is 22.7 Å². The minimum absolute atomic E-state index is 0.0526. The van der Waals surface area contributed by atoms with Crippen molar-refractivity contribution in [2.24, 2.45) is 0 Å². The number of esters is 1. The first kappa shape index (κ1) is 19.3. The fraction of sp³-hybridized carbons (Fsp3) is 0.250. The molecule has 0 unspecified atom stereocenters. The first-order chi connectivity index (χ1) is 13.0. The van der Waals surface area contributed by atoms with Crippen molar-refractivity contribution in [2.45, 2.75) is 26.2 Å². The SMILES string of the molecule is CC(C)c1ccc(NC(=O)COC(=O)Cc2csc(-c3ccsc3)n2)cc1. The number of hydrogen-bond acceptors (Lipinski definition) is 6. The second-order valence-electron chi connectivity index (χ2n) is 6.32. The summed E-state index contributed by atoms with van der Waals surface area (Å²) in [7, 11) is 0. The number of benzene rings is 1. The summed E-state index contributed by atoms with van der Waals surface area (Å²) in [6, 6.07) is 9.62. The van der Waals surface area contributed by atoms with Crippen molar-refractivity contribution in [3.05, 3.63) is 57.7 Å². The monoisotopic (exact) mass is 400 g/mol. The van der Waals surface area contributed by atoms with Crippen molar-refractivity contribution < 1.29 is 14.3 Å². The molecule has 140 valence electrons. The van der Waals surface area contributed by atoms with Crippen LogP contribution in [-0.2, 0) is 20.7 Å². The lowest BCUT2D eigenvalue weighted by molar-refractivity contribution is -0.146. The summed E-state index contributed by atoms with van der Waals surface area (Å²) in [5.74, 6) is -0.401. The lowest BCUT2D eigenvalue weighted by Gasteiger charge is -2.08. The van der Waals surface area contributed by atoms with Crippen LogP contribution in [0, 0.1) is 0 Å². The van der Waals surface area contributed by atoms with Crippen molar-refractivity contribution in [3.8, 4) is 10.6 Å². The minimum atomic E-state index is -0.470. The molecule has 0 bridgehead atoms. The van der Waals surface area contributed by atoms with Gasteiger partial charge in [-0.05, 0) is 35.1 Å². The lowest BCUT2D eigenvalue weighted by atomic mass is 10.0. The second-order valence-corrected chi connectivity index (χ2v) is 7.96. The number of thiazole rings is 1. The summed E-state index contributed by atoms with van der Waals surface area (Å²) in [4.78, 5) is 28.3. The molecule has 5 nitrogen and oxygen atoms in total. The Morgan fingerprint density at radius 3 is 2.59 bits per heavy atom. The number of thiophene rings is 1. The summed E-state index contributed by atoms with van der Waals surface area (Å²) < 4.78 is 5.06. The van der Waals surface area contributed by atoms with Crippen LogP contribution in [0.2, 0.25) is 0 Å². The molecule has 0 saturated carbocycles. The van der Waals surface area contributed by atoms with Gasteiger partial charge in [0.2, 0.25) is 0 Å². The van der Waals surface area contributed by atoms with E-state index in [0.29, 0.717) is 17.3 Å². The number of amides is 1.